The van der Waals surface area contributed by atoms with Gasteiger partial charge < -0.3 is 14.4 Å². The van der Waals surface area contributed by atoms with Crippen LogP contribution in [0.15, 0.2) is 18.2 Å². The summed E-state index contributed by atoms with van der Waals surface area (Å²) in [7, 11) is 0. The number of nitrogens with zero attached hydrogens (tertiary/aromatic N) is 3. The summed E-state index contributed by atoms with van der Waals surface area (Å²) in [5, 5.41) is 0.375. The smallest absolute Gasteiger partial charge is 0.451 e. The summed E-state index contributed by atoms with van der Waals surface area (Å²) < 4.78 is 49.6. The average molecular weight is 355 g/mol. The molecule has 0 atom stereocenters. The molecule has 2 aromatic rings. The minimum Gasteiger partial charge on any atom is -0.462 e. The van der Waals surface area contributed by atoms with Gasteiger partial charge in [-0.25, -0.2) is 14.8 Å². The van der Waals surface area contributed by atoms with Crippen molar-refractivity contribution in [1.29, 1.82) is 0 Å². The zero-order chi connectivity index (χ0) is 18.0. The van der Waals surface area contributed by atoms with Crippen molar-refractivity contribution in [2.75, 3.05) is 37.8 Å². The van der Waals surface area contributed by atoms with E-state index in [1.165, 1.54) is 18.2 Å². The van der Waals surface area contributed by atoms with Crippen molar-refractivity contribution in [3.05, 3.63) is 29.6 Å². The maximum absolute atomic E-state index is 13.1. The lowest BCUT2D eigenvalue weighted by Crippen LogP contribution is -2.37. The highest BCUT2D eigenvalue weighted by Crippen LogP contribution is 2.32. The molecule has 1 aliphatic heterocycles. The van der Waals surface area contributed by atoms with Crippen LogP contribution in [0, 0.1) is 0 Å². The van der Waals surface area contributed by atoms with Crippen molar-refractivity contribution < 1.29 is 27.4 Å². The quantitative estimate of drug-likeness (QED) is 0.789. The molecular weight excluding hydrogens is 339 g/mol. The van der Waals surface area contributed by atoms with Gasteiger partial charge in [0.1, 0.15) is 5.82 Å². The van der Waals surface area contributed by atoms with Crippen molar-refractivity contribution in [2.45, 2.75) is 13.1 Å². The van der Waals surface area contributed by atoms with E-state index in [1.807, 2.05) is 0 Å². The highest BCUT2D eigenvalue weighted by Gasteiger charge is 2.36. The number of ether oxygens (including phenoxy) is 2. The Balaban J connectivity index is 2.15. The van der Waals surface area contributed by atoms with E-state index in [-0.39, 0.29) is 23.5 Å². The first-order chi connectivity index (χ1) is 11.9. The zero-order valence-electron chi connectivity index (χ0n) is 13.5. The molecule has 2 heterocycles. The van der Waals surface area contributed by atoms with Gasteiger partial charge in [-0.05, 0) is 25.1 Å². The molecule has 0 N–H and O–H groups in total. The number of benzene rings is 1. The van der Waals surface area contributed by atoms with E-state index in [9.17, 15) is 18.0 Å². The monoisotopic (exact) mass is 355 g/mol. The normalized spacial score (nSPS) is 15.4. The van der Waals surface area contributed by atoms with E-state index in [0.29, 0.717) is 31.7 Å². The van der Waals surface area contributed by atoms with Gasteiger partial charge in [-0.2, -0.15) is 13.2 Å². The van der Waals surface area contributed by atoms with Gasteiger partial charge in [0.2, 0.25) is 5.82 Å². The highest BCUT2D eigenvalue weighted by molar-refractivity contribution is 5.98. The SMILES string of the molecule is CCOC(=O)c1ccc2nc(C(F)(F)F)nc(N3CCOCC3)c2c1. The van der Waals surface area contributed by atoms with Gasteiger partial charge in [0.05, 0.1) is 30.9 Å². The van der Waals surface area contributed by atoms with Crippen LogP contribution in [0.2, 0.25) is 0 Å². The second-order valence-corrected chi connectivity index (χ2v) is 5.42. The maximum atomic E-state index is 13.1. The number of anilines is 1. The standard InChI is InChI=1S/C16H16F3N3O3/c1-2-25-14(23)10-3-4-12-11(9-10)13(22-5-7-24-8-6-22)21-15(20-12)16(17,18)19/h3-4,9H,2,5-8H2,1H3. The third kappa shape index (κ3) is 3.65. The number of hydrogen-bond acceptors (Lipinski definition) is 6. The number of rotatable bonds is 3. The van der Waals surface area contributed by atoms with E-state index < -0.39 is 18.0 Å². The van der Waals surface area contributed by atoms with Crippen molar-refractivity contribution in [2.24, 2.45) is 0 Å². The number of hydrogen-bond donors (Lipinski definition) is 0. The lowest BCUT2D eigenvalue weighted by atomic mass is 10.1. The Hall–Kier alpha value is -2.42. The first-order valence-corrected chi connectivity index (χ1v) is 7.79. The second-order valence-electron chi connectivity index (χ2n) is 5.42. The third-order valence-corrected chi connectivity index (χ3v) is 3.75. The molecule has 1 aromatic carbocycles. The van der Waals surface area contributed by atoms with Crippen LogP contribution in [-0.2, 0) is 15.7 Å². The minimum absolute atomic E-state index is 0.122. The summed E-state index contributed by atoms with van der Waals surface area (Å²) in [5.74, 6) is -1.60. The van der Waals surface area contributed by atoms with Crippen LogP contribution in [0.4, 0.5) is 19.0 Å². The summed E-state index contributed by atoms with van der Waals surface area (Å²) in [6.45, 7) is 3.49. The van der Waals surface area contributed by atoms with Crippen LogP contribution < -0.4 is 4.90 Å². The number of carbonyl (C=O) groups excluding carboxylic acids is 1. The molecule has 0 saturated carbocycles. The largest absolute Gasteiger partial charge is 0.462 e. The van der Waals surface area contributed by atoms with E-state index >= 15 is 0 Å². The molecule has 0 aliphatic carbocycles. The van der Waals surface area contributed by atoms with Crippen molar-refractivity contribution in [3.8, 4) is 0 Å². The molecule has 1 fully saturated rings. The van der Waals surface area contributed by atoms with Gasteiger partial charge in [-0.1, -0.05) is 0 Å². The number of fused-ring (bicyclic) bond motifs is 1. The van der Waals surface area contributed by atoms with Crippen LogP contribution in [-0.4, -0.2) is 48.8 Å². The van der Waals surface area contributed by atoms with Gasteiger partial charge in [-0.15, -0.1) is 0 Å². The number of carbonyl (C=O) groups is 1. The molecular formula is C16H16F3N3O3. The first kappa shape index (κ1) is 17.4. The summed E-state index contributed by atoms with van der Waals surface area (Å²) in [5.41, 5.74) is 0.365. The molecule has 1 aliphatic rings. The van der Waals surface area contributed by atoms with Gasteiger partial charge in [0, 0.05) is 18.5 Å². The van der Waals surface area contributed by atoms with E-state index in [2.05, 4.69) is 9.97 Å². The average Bonchev–Trinajstić information content (AvgIpc) is 2.60. The predicted molar refractivity (Wildman–Crippen MR) is 83.5 cm³/mol. The molecule has 134 valence electrons. The molecule has 0 radical (unpaired) electrons. The Bertz CT molecular complexity index is 789. The minimum atomic E-state index is -4.66. The number of aromatic nitrogens is 2. The lowest BCUT2D eigenvalue weighted by Gasteiger charge is -2.29. The van der Waals surface area contributed by atoms with Crippen molar-refractivity contribution in [1.82, 2.24) is 9.97 Å². The molecule has 0 bridgehead atoms. The zero-order valence-corrected chi connectivity index (χ0v) is 13.5. The van der Waals surface area contributed by atoms with E-state index in [0.717, 1.165) is 0 Å². The lowest BCUT2D eigenvalue weighted by molar-refractivity contribution is -0.144. The highest BCUT2D eigenvalue weighted by atomic mass is 19.4. The number of esters is 1. The molecule has 0 unspecified atom stereocenters. The Morgan fingerprint density at radius 2 is 2.00 bits per heavy atom. The fourth-order valence-electron chi connectivity index (χ4n) is 2.60. The molecule has 1 saturated heterocycles. The molecule has 25 heavy (non-hydrogen) atoms. The topological polar surface area (TPSA) is 64.5 Å². The van der Waals surface area contributed by atoms with Crippen molar-refractivity contribution >= 4 is 22.7 Å². The molecule has 9 heteroatoms. The Labute approximate surface area is 141 Å². The molecule has 1 aromatic heterocycles. The molecule has 0 spiro atoms. The Morgan fingerprint density at radius 3 is 2.64 bits per heavy atom. The summed E-state index contributed by atoms with van der Waals surface area (Å²) in [4.78, 5) is 21.0. The molecule has 3 rings (SSSR count). The summed E-state index contributed by atoms with van der Waals surface area (Å²) in [6, 6.07) is 4.25. The number of halogens is 3. The first-order valence-electron chi connectivity index (χ1n) is 7.79. The Morgan fingerprint density at radius 1 is 1.28 bits per heavy atom. The third-order valence-electron chi connectivity index (χ3n) is 3.75. The van der Waals surface area contributed by atoms with Gasteiger partial charge in [-0.3, -0.25) is 0 Å². The second kappa shape index (κ2) is 6.83. The van der Waals surface area contributed by atoms with Crippen molar-refractivity contribution in [3.63, 3.8) is 0 Å². The van der Waals surface area contributed by atoms with Crippen LogP contribution in [0.25, 0.3) is 10.9 Å². The summed E-state index contributed by atoms with van der Waals surface area (Å²) >= 11 is 0. The van der Waals surface area contributed by atoms with Crippen LogP contribution in [0.3, 0.4) is 0 Å². The van der Waals surface area contributed by atoms with E-state index in [1.54, 1.807) is 11.8 Å². The summed E-state index contributed by atoms with van der Waals surface area (Å²) in [6.07, 6.45) is -4.66. The molecule has 0 amide bonds. The maximum Gasteiger partial charge on any atom is 0.451 e. The van der Waals surface area contributed by atoms with Gasteiger partial charge >= 0.3 is 12.1 Å². The fourth-order valence-corrected chi connectivity index (χ4v) is 2.60. The number of morpholine rings is 1. The molecule has 6 nitrogen and oxygen atoms in total. The van der Waals surface area contributed by atoms with Gasteiger partial charge in [0.25, 0.3) is 0 Å². The predicted octanol–water partition coefficient (Wildman–Crippen LogP) is 2.66. The van der Waals surface area contributed by atoms with Crippen LogP contribution in [0.1, 0.15) is 23.1 Å². The number of alkyl halides is 3. The van der Waals surface area contributed by atoms with E-state index in [4.69, 9.17) is 9.47 Å². The van der Waals surface area contributed by atoms with Gasteiger partial charge in [0.15, 0.2) is 0 Å². The van der Waals surface area contributed by atoms with Crippen LogP contribution >= 0.6 is 0 Å². The fraction of sp³-hybridized carbons (Fsp3) is 0.438. The van der Waals surface area contributed by atoms with Crippen LogP contribution in [0.5, 0.6) is 0 Å². The Kier molecular flexibility index (Phi) is 4.76.